The summed E-state index contributed by atoms with van der Waals surface area (Å²) >= 11 is 0. The SMILES string of the molecule is Nc1cc2c(O)c(N)c(S(=O)(=O)O)cc2cc1S(=O)(=O)O.Nc1ccc(N)c2cc(S(=O)(=O)O)ccc12.Nc1ccc(N)c2cc(S(=O)(=O)O)ccc12. The number of anilines is 6. The fraction of sp³-hybridized carbons (Fsp3) is 0. The quantitative estimate of drug-likeness (QED) is 0.0692. The second kappa shape index (κ2) is 14.1. The highest BCUT2D eigenvalue weighted by molar-refractivity contribution is 7.86. The van der Waals surface area contributed by atoms with Crippen LogP contribution in [0.2, 0.25) is 0 Å². The van der Waals surface area contributed by atoms with E-state index in [4.69, 9.17) is 52.6 Å². The Morgan fingerprint density at radius 3 is 1.09 bits per heavy atom. The van der Waals surface area contributed by atoms with Crippen molar-refractivity contribution in [1.82, 2.24) is 0 Å². The van der Waals surface area contributed by atoms with Gasteiger partial charge in [0.15, 0.2) is 0 Å². The summed E-state index contributed by atoms with van der Waals surface area (Å²) in [6, 6.07) is 17.4. The molecule has 0 aliphatic heterocycles. The Morgan fingerprint density at radius 1 is 0.377 bits per heavy atom. The van der Waals surface area contributed by atoms with E-state index < -0.39 is 61.7 Å². The van der Waals surface area contributed by atoms with E-state index >= 15 is 0 Å². The van der Waals surface area contributed by atoms with Gasteiger partial charge in [-0.05, 0) is 72.1 Å². The number of nitrogen functional groups attached to an aromatic ring is 6. The Kier molecular flexibility index (Phi) is 10.6. The predicted octanol–water partition coefficient (Wildman–Crippen LogP) is 2.71. The molecule has 23 heteroatoms. The Labute approximate surface area is 301 Å². The van der Waals surface area contributed by atoms with Crippen molar-refractivity contribution < 1.29 is 57.0 Å². The fourth-order valence-corrected chi connectivity index (χ4v) is 7.22. The van der Waals surface area contributed by atoms with E-state index in [1.54, 1.807) is 24.3 Å². The zero-order valence-corrected chi connectivity index (χ0v) is 29.9. The first-order valence-electron chi connectivity index (χ1n) is 14.1. The van der Waals surface area contributed by atoms with Crippen LogP contribution in [0.25, 0.3) is 32.3 Å². The van der Waals surface area contributed by atoms with Gasteiger partial charge in [0.05, 0.1) is 21.2 Å². The Balaban J connectivity index is 0.000000180. The standard InChI is InChI=1S/C10H10N2O7S2.2C10H10N2O3S/c11-6-3-5-4(1-7(6)20(14,15)16)2-8(21(17,18)19)9(12)10(5)13;2*11-9-3-4-10(12)8-5-6(16(13,14)15)1-2-7(8)9/h1-3,13H,11-12H2,(H,14,15,16)(H,17,18,19);2*1-5H,11-12H2,(H,13,14,15). The van der Waals surface area contributed by atoms with Gasteiger partial charge in [0.2, 0.25) is 0 Å². The molecule has 0 unspecified atom stereocenters. The van der Waals surface area contributed by atoms with Crippen LogP contribution < -0.4 is 34.4 Å². The zero-order valence-electron chi connectivity index (χ0n) is 26.6. The van der Waals surface area contributed by atoms with Crippen molar-refractivity contribution in [3.8, 4) is 5.75 Å². The Hall–Kier alpha value is -5.66. The van der Waals surface area contributed by atoms with Gasteiger partial charge in [0.1, 0.15) is 15.5 Å². The molecule has 6 aromatic carbocycles. The van der Waals surface area contributed by atoms with Gasteiger partial charge in [0.25, 0.3) is 40.5 Å². The molecule has 53 heavy (non-hydrogen) atoms. The van der Waals surface area contributed by atoms with Gasteiger partial charge in [-0.2, -0.15) is 33.7 Å². The second-order valence-corrected chi connectivity index (χ2v) is 16.7. The minimum atomic E-state index is -4.73. The number of phenols is 1. The first-order chi connectivity index (χ1) is 24.2. The van der Waals surface area contributed by atoms with Crippen molar-refractivity contribution in [1.29, 1.82) is 0 Å². The highest BCUT2D eigenvalue weighted by Gasteiger charge is 2.22. The molecule has 0 aliphatic carbocycles. The maximum absolute atomic E-state index is 11.2. The summed E-state index contributed by atoms with van der Waals surface area (Å²) in [7, 11) is -17.8. The van der Waals surface area contributed by atoms with E-state index in [0.29, 0.717) is 44.3 Å². The van der Waals surface area contributed by atoms with Gasteiger partial charge in [-0.3, -0.25) is 18.2 Å². The number of nitrogens with two attached hydrogens (primary N) is 6. The third-order valence-electron chi connectivity index (χ3n) is 7.51. The average molecular weight is 811 g/mol. The molecule has 0 spiro atoms. The Morgan fingerprint density at radius 2 is 0.736 bits per heavy atom. The summed E-state index contributed by atoms with van der Waals surface area (Å²) < 4.78 is 124. The number of aromatic hydroxyl groups is 1. The number of benzene rings is 6. The lowest BCUT2D eigenvalue weighted by atomic mass is 10.1. The molecule has 0 radical (unpaired) electrons. The van der Waals surface area contributed by atoms with Crippen LogP contribution in [0.5, 0.6) is 5.75 Å². The van der Waals surface area contributed by atoms with Crippen LogP contribution in [0.1, 0.15) is 0 Å². The number of rotatable bonds is 4. The molecule has 17 N–H and O–H groups in total. The normalized spacial score (nSPS) is 12.2. The second-order valence-electron chi connectivity index (χ2n) is 11.1. The third kappa shape index (κ3) is 8.70. The molecule has 0 amide bonds. The molecule has 0 saturated heterocycles. The maximum atomic E-state index is 11.2. The van der Waals surface area contributed by atoms with Gasteiger partial charge in [-0.1, -0.05) is 12.1 Å². The number of fused-ring (bicyclic) bond motifs is 3. The van der Waals surface area contributed by atoms with Crippen LogP contribution in [0, 0.1) is 0 Å². The first kappa shape index (κ1) is 40.1. The van der Waals surface area contributed by atoms with Crippen molar-refractivity contribution in [3.63, 3.8) is 0 Å². The molecule has 282 valence electrons. The highest BCUT2D eigenvalue weighted by Crippen LogP contribution is 2.39. The lowest BCUT2D eigenvalue weighted by Gasteiger charge is -2.11. The van der Waals surface area contributed by atoms with Crippen LogP contribution in [0.15, 0.2) is 98.4 Å². The molecule has 0 atom stereocenters. The molecular weight excluding hydrogens is 781 g/mol. The molecule has 6 rings (SSSR count). The molecule has 19 nitrogen and oxygen atoms in total. The van der Waals surface area contributed by atoms with Gasteiger partial charge < -0.3 is 39.5 Å². The molecule has 0 heterocycles. The highest BCUT2D eigenvalue weighted by atomic mass is 32.2. The third-order valence-corrected chi connectivity index (χ3v) is 11.0. The Bertz CT molecular complexity index is 2800. The van der Waals surface area contributed by atoms with E-state index in [1.165, 1.54) is 36.4 Å². The molecule has 0 saturated carbocycles. The van der Waals surface area contributed by atoms with Crippen molar-refractivity contribution in [2.24, 2.45) is 0 Å². The van der Waals surface area contributed by atoms with Crippen molar-refractivity contribution in [3.05, 3.63) is 78.9 Å². The van der Waals surface area contributed by atoms with E-state index in [9.17, 15) is 38.8 Å². The summed E-state index contributed by atoms with van der Waals surface area (Å²) in [6.07, 6.45) is 0. The summed E-state index contributed by atoms with van der Waals surface area (Å²) in [4.78, 5) is -1.85. The topological polar surface area (TPSA) is 394 Å². The molecular formula is C30H30N6O13S4. The largest absolute Gasteiger partial charge is 0.505 e. The number of phenolic OH excluding ortho intramolecular Hbond substituents is 1. The van der Waals surface area contributed by atoms with E-state index in [1.807, 2.05) is 0 Å². The number of hydrogen-bond donors (Lipinski definition) is 11. The smallest absolute Gasteiger partial charge is 0.296 e. The van der Waals surface area contributed by atoms with Gasteiger partial charge in [-0.25, -0.2) is 0 Å². The van der Waals surface area contributed by atoms with Gasteiger partial charge >= 0.3 is 0 Å². The van der Waals surface area contributed by atoms with Crippen molar-refractivity contribution >= 4 is 107 Å². The summed E-state index contributed by atoms with van der Waals surface area (Å²) in [6.45, 7) is 0. The summed E-state index contributed by atoms with van der Waals surface area (Å²) in [5.74, 6) is -0.686. The van der Waals surface area contributed by atoms with E-state index in [0.717, 1.165) is 18.2 Å². The molecule has 6 aromatic rings. The number of hydrogen-bond acceptors (Lipinski definition) is 15. The summed E-state index contributed by atoms with van der Waals surface area (Å²) in [5, 5.41) is 12.1. The van der Waals surface area contributed by atoms with Crippen LogP contribution in [-0.4, -0.2) is 57.0 Å². The molecule has 0 fully saturated rings. The van der Waals surface area contributed by atoms with Crippen LogP contribution in [-0.2, 0) is 40.5 Å². The van der Waals surface area contributed by atoms with Crippen LogP contribution >= 0.6 is 0 Å². The van der Waals surface area contributed by atoms with Crippen molar-refractivity contribution in [2.75, 3.05) is 34.4 Å². The predicted molar refractivity (Wildman–Crippen MR) is 199 cm³/mol. The minimum Gasteiger partial charge on any atom is -0.505 e. The molecule has 0 bridgehead atoms. The van der Waals surface area contributed by atoms with Crippen LogP contribution in [0.3, 0.4) is 0 Å². The maximum Gasteiger partial charge on any atom is 0.296 e. The summed E-state index contributed by atoms with van der Waals surface area (Å²) in [5.41, 5.74) is 34.6. The molecule has 0 aromatic heterocycles. The van der Waals surface area contributed by atoms with Crippen molar-refractivity contribution in [2.45, 2.75) is 19.6 Å². The van der Waals surface area contributed by atoms with E-state index in [2.05, 4.69) is 0 Å². The monoisotopic (exact) mass is 810 g/mol. The fourth-order valence-electron chi connectivity index (χ4n) is 4.92. The minimum absolute atomic E-state index is 0.0372. The zero-order chi connectivity index (χ0) is 40.0. The lowest BCUT2D eigenvalue weighted by molar-refractivity contribution is 0.473. The lowest BCUT2D eigenvalue weighted by Crippen LogP contribution is -2.06. The first-order valence-corrected chi connectivity index (χ1v) is 19.9. The van der Waals surface area contributed by atoms with Gasteiger partial charge in [0, 0.05) is 49.7 Å². The average Bonchev–Trinajstić information content (AvgIpc) is 3.05. The van der Waals surface area contributed by atoms with Gasteiger partial charge in [-0.15, -0.1) is 0 Å². The molecule has 0 aliphatic rings. The van der Waals surface area contributed by atoms with E-state index in [-0.39, 0.29) is 26.3 Å². The van der Waals surface area contributed by atoms with Crippen LogP contribution in [0.4, 0.5) is 34.1 Å².